The topological polar surface area (TPSA) is 96.6 Å². The fourth-order valence-corrected chi connectivity index (χ4v) is 1.99. The quantitative estimate of drug-likeness (QED) is 0.495. The van der Waals surface area contributed by atoms with Crippen LogP contribution in [0.5, 0.6) is 0 Å². The van der Waals surface area contributed by atoms with Crippen LogP contribution in [0.2, 0.25) is 0 Å². The Kier molecular flexibility index (Phi) is 7.10. The van der Waals surface area contributed by atoms with Crippen LogP contribution in [0.15, 0.2) is 29.3 Å². The lowest BCUT2D eigenvalue weighted by Gasteiger charge is -2.11. The molecule has 0 aliphatic rings. The summed E-state index contributed by atoms with van der Waals surface area (Å²) in [6, 6.07) is 6.57. The minimum absolute atomic E-state index is 0.0772. The number of halogens is 1. The van der Waals surface area contributed by atoms with Crippen LogP contribution in [-0.4, -0.2) is 39.8 Å². The summed E-state index contributed by atoms with van der Waals surface area (Å²) in [4.78, 5) is 4.09. The van der Waals surface area contributed by atoms with Crippen LogP contribution < -0.4 is 15.8 Å². The van der Waals surface area contributed by atoms with Crippen molar-refractivity contribution in [2.45, 2.75) is 13.3 Å². The zero-order valence-electron chi connectivity index (χ0n) is 12.0. The highest BCUT2D eigenvalue weighted by Crippen LogP contribution is 2.05. The molecule has 118 valence electrons. The van der Waals surface area contributed by atoms with Gasteiger partial charge in [-0.15, -0.1) is 0 Å². The average Bonchev–Trinajstić information content (AvgIpc) is 2.39. The van der Waals surface area contributed by atoms with Crippen LogP contribution in [0, 0.1) is 5.82 Å². The van der Waals surface area contributed by atoms with Crippen molar-refractivity contribution in [3.8, 4) is 0 Å². The summed E-state index contributed by atoms with van der Waals surface area (Å²) in [5.74, 6) is 0.0321. The van der Waals surface area contributed by atoms with E-state index in [4.69, 9.17) is 5.14 Å². The van der Waals surface area contributed by atoms with E-state index >= 15 is 0 Å². The number of hydrogen-bond acceptors (Lipinski definition) is 3. The summed E-state index contributed by atoms with van der Waals surface area (Å²) in [7, 11) is -3.52. The van der Waals surface area contributed by atoms with Gasteiger partial charge in [-0.05, 0) is 25.0 Å². The number of primary sulfonamides is 1. The van der Waals surface area contributed by atoms with Crippen LogP contribution in [0.1, 0.15) is 12.5 Å². The van der Waals surface area contributed by atoms with Gasteiger partial charge >= 0.3 is 0 Å². The number of sulfonamides is 1. The molecule has 0 radical (unpaired) electrons. The lowest BCUT2D eigenvalue weighted by atomic mass is 10.1. The third kappa shape index (κ3) is 7.62. The Balaban J connectivity index is 2.47. The zero-order valence-corrected chi connectivity index (χ0v) is 12.8. The molecule has 0 unspecified atom stereocenters. The molecule has 0 aromatic heterocycles. The van der Waals surface area contributed by atoms with Gasteiger partial charge in [0.1, 0.15) is 5.82 Å². The molecule has 6 nitrogen and oxygen atoms in total. The largest absolute Gasteiger partial charge is 0.357 e. The van der Waals surface area contributed by atoms with E-state index in [1.807, 2.05) is 6.92 Å². The number of guanidine groups is 1. The zero-order chi connectivity index (χ0) is 15.7. The number of rotatable bonds is 7. The molecule has 0 aliphatic carbocycles. The summed E-state index contributed by atoms with van der Waals surface area (Å²) in [6.07, 6.45) is 0.506. The highest BCUT2D eigenvalue weighted by molar-refractivity contribution is 7.89. The third-order valence-electron chi connectivity index (χ3n) is 2.63. The van der Waals surface area contributed by atoms with Gasteiger partial charge in [-0.3, -0.25) is 4.99 Å². The van der Waals surface area contributed by atoms with Gasteiger partial charge in [0.15, 0.2) is 5.96 Å². The molecule has 0 aliphatic heterocycles. The summed E-state index contributed by atoms with van der Waals surface area (Å²) < 4.78 is 35.1. The van der Waals surface area contributed by atoms with E-state index in [2.05, 4.69) is 15.6 Å². The molecule has 0 heterocycles. The van der Waals surface area contributed by atoms with Crippen molar-refractivity contribution >= 4 is 16.0 Å². The highest BCUT2D eigenvalue weighted by atomic mass is 32.2. The van der Waals surface area contributed by atoms with Gasteiger partial charge in [0.25, 0.3) is 0 Å². The maximum Gasteiger partial charge on any atom is 0.210 e. The van der Waals surface area contributed by atoms with Crippen molar-refractivity contribution in [2.75, 3.05) is 25.4 Å². The van der Waals surface area contributed by atoms with Gasteiger partial charge in [-0.25, -0.2) is 17.9 Å². The molecular weight excluding hydrogens is 295 g/mol. The van der Waals surface area contributed by atoms with Gasteiger partial charge in [-0.1, -0.05) is 18.2 Å². The number of aliphatic imine (C=N–C) groups is 1. The van der Waals surface area contributed by atoms with E-state index in [1.54, 1.807) is 18.2 Å². The fourth-order valence-electron chi connectivity index (χ4n) is 1.64. The second kappa shape index (κ2) is 8.58. The Bertz CT molecular complexity index is 575. The lowest BCUT2D eigenvalue weighted by molar-refractivity contribution is 0.597. The number of nitrogens with zero attached hydrogens (tertiary/aromatic N) is 1. The molecule has 1 aromatic carbocycles. The van der Waals surface area contributed by atoms with Crippen LogP contribution in [0.3, 0.4) is 0 Å². The first-order valence-electron chi connectivity index (χ1n) is 6.68. The molecule has 1 rings (SSSR count). The van der Waals surface area contributed by atoms with Gasteiger partial charge in [0.2, 0.25) is 10.0 Å². The van der Waals surface area contributed by atoms with E-state index in [-0.39, 0.29) is 18.1 Å². The first-order chi connectivity index (χ1) is 9.92. The van der Waals surface area contributed by atoms with E-state index in [9.17, 15) is 12.8 Å². The molecule has 21 heavy (non-hydrogen) atoms. The maximum absolute atomic E-state index is 13.4. The summed E-state index contributed by atoms with van der Waals surface area (Å²) in [5.41, 5.74) is 0.616. The summed E-state index contributed by atoms with van der Waals surface area (Å²) >= 11 is 0. The van der Waals surface area contributed by atoms with Crippen LogP contribution >= 0.6 is 0 Å². The van der Waals surface area contributed by atoms with Gasteiger partial charge in [-0.2, -0.15) is 0 Å². The molecule has 0 amide bonds. The second-order valence-electron chi connectivity index (χ2n) is 4.40. The molecule has 1 aromatic rings. The Hall–Kier alpha value is -1.67. The van der Waals surface area contributed by atoms with Gasteiger partial charge in [0.05, 0.1) is 12.3 Å². The van der Waals surface area contributed by atoms with Crippen LogP contribution in [0.4, 0.5) is 4.39 Å². The normalized spacial score (nSPS) is 12.2. The molecule has 0 bridgehead atoms. The summed E-state index contributed by atoms with van der Waals surface area (Å²) in [6.45, 7) is 3.10. The molecule has 0 spiro atoms. The van der Waals surface area contributed by atoms with Crippen LogP contribution in [-0.2, 0) is 16.4 Å². The number of nitrogens with one attached hydrogen (secondary N) is 2. The van der Waals surface area contributed by atoms with Crippen molar-refractivity contribution in [2.24, 2.45) is 10.1 Å². The third-order valence-corrected chi connectivity index (χ3v) is 3.39. The average molecular weight is 316 g/mol. The Labute approximate surface area is 124 Å². The molecule has 0 saturated carbocycles. The SMILES string of the molecule is CCNC(=NCCS(N)(=O)=O)NCCc1ccccc1F. The van der Waals surface area contributed by atoms with E-state index in [1.165, 1.54) is 6.07 Å². The first kappa shape index (κ1) is 17.4. The molecule has 0 fully saturated rings. The number of nitrogens with two attached hydrogens (primary N) is 1. The molecular formula is C13H21FN4O2S. The Morgan fingerprint density at radius 2 is 2.05 bits per heavy atom. The predicted octanol–water partition coefficient (Wildman–Crippen LogP) is 0.212. The van der Waals surface area contributed by atoms with Crippen molar-refractivity contribution in [3.63, 3.8) is 0 Å². The van der Waals surface area contributed by atoms with Gasteiger partial charge < -0.3 is 10.6 Å². The molecule has 8 heteroatoms. The first-order valence-corrected chi connectivity index (χ1v) is 8.40. The lowest BCUT2D eigenvalue weighted by Crippen LogP contribution is -2.38. The minimum Gasteiger partial charge on any atom is -0.357 e. The highest BCUT2D eigenvalue weighted by Gasteiger charge is 2.04. The predicted molar refractivity (Wildman–Crippen MR) is 82.1 cm³/mol. The van der Waals surface area contributed by atoms with Crippen molar-refractivity contribution in [1.29, 1.82) is 0 Å². The van der Waals surface area contributed by atoms with Crippen molar-refractivity contribution in [3.05, 3.63) is 35.6 Å². The van der Waals surface area contributed by atoms with Crippen LogP contribution in [0.25, 0.3) is 0 Å². The van der Waals surface area contributed by atoms with Crippen molar-refractivity contribution < 1.29 is 12.8 Å². The smallest absolute Gasteiger partial charge is 0.210 e. The van der Waals surface area contributed by atoms with E-state index in [0.717, 1.165) is 0 Å². The maximum atomic E-state index is 13.4. The standard InChI is InChI=1S/C13H21FN4O2S/c1-2-16-13(18-9-10-21(15,19)20)17-8-7-11-5-3-4-6-12(11)14/h3-6H,2,7-10H2,1H3,(H2,15,19,20)(H2,16,17,18). The monoisotopic (exact) mass is 316 g/mol. The summed E-state index contributed by atoms with van der Waals surface area (Å²) in [5, 5.41) is 10.9. The van der Waals surface area contributed by atoms with Gasteiger partial charge in [0, 0.05) is 13.1 Å². The second-order valence-corrected chi connectivity index (χ2v) is 6.13. The minimum atomic E-state index is -3.52. The molecule has 4 N–H and O–H groups in total. The number of benzene rings is 1. The Morgan fingerprint density at radius 3 is 2.67 bits per heavy atom. The van der Waals surface area contributed by atoms with Crippen molar-refractivity contribution in [1.82, 2.24) is 10.6 Å². The molecule has 0 atom stereocenters. The van der Waals surface area contributed by atoms with E-state index < -0.39 is 10.0 Å². The fraction of sp³-hybridized carbons (Fsp3) is 0.462. The Morgan fingerprint density at radius 1 is 1.33 bits per heavy atom. The number of hydrogen-bond donors (Lipinski definition) is 3. The van der Waals surface area contributed by atoms with E-state index in [0.29, 0.717) is 31.0 Å². The molecule has 0 saturated heterocycles.